The van der Waals surface area contributed by atoms with Gasteiger partial charge in [-0.15, -0.1) is 0 Å². The van der Waals surface area contributed by atoms with Crippen LogP contribution in [-0.4, -0.2) is 45.8 Å². The SMILES string of the molecule is COC(=O)c1ncc(-c2ccc(C(=O)NS(C)(=O)=O)cc2OC)cc1Cl. The fourth-order valence-electron chi connectivity index (χ4n) is 2.13. The summed E-state index contributed by atoms with van der Waals surface area (Å²) >= 11 is 6.07. The highest BCUT2D eigenvalue weighted by atomic mass is 35.5. The van der Waals surface area contributed by atoms with Crippen LogP contribution in [0, 0.1) is 0 Å². The van der Waals surface area contributed by atoms with Crippen LogP contribution in [0.2, 0.25) is 5.02 Å². The van der Waals surface area contributed by atoms with E-state index >= 15 is 0 Å². The molecule has 0 unspecified atom stereocenters. The first-order valence-corrected chi connectivity index (χ1v) is 9.37. The van der Waals surface area contributed by atoms with Crippen LogP contribution in [0.1, 0.15) is 20.8 Å². The van der Waals surface area contributed by atoms with E-state index in [-0.39, 0.29) is 16.3 Å². The number of benzene rings is 1. The topological polar surface area (TPSA) is 112 Å². The number of hydrogen-bond acceptors (Lipinski definition) is 7. The summed E-state index contributed by atoms with van der Waals surface area (Å²) in [7, 11) is -1.07. The third kappa shape index (κ3) is 4.50. The van der Waals surface area contributed by atoms with Gasteiger partial charge in [-0.25, -0.2) is 22.9 Å². The summed E-state index contributed by atoms with van der Waals surface area (Å²) in [4.78, 5) is 27.5. The first-order chi connectivity index (χ1) is 12.2. The molecule has 0 fully saturated rings. The standard InChI is InChI=1S/C16H15ClN2O6S/c1-24-13-7-9(15(20)19-26(3,22)23)4-5-11(13)10-6-12(17)14(18-8-10)16(21)25-2/h4-8H,1-3H3,(H,19,20). The van der Waals surface area contributed by atoms with Crippen molar-refractivity contribution in [3.05, 3.63) is 46.7 Å². The number of nitrogens with one attached hydrogen (secondary N) is 1. The Hall–Kier alpha value is -2.65. The zero-order valence-electron chi connectivity index (χ0n) is 14.1. The number of amides is 1. The maximum absolute atomic E-state index is 12.0. The number of halogens is 1. The smallest absolute Gasteiger partial charge is 0.358 e. The third-order valence-electron chi connectivity index (χ3n) is 3.27. The minimum atomic E-state index is -3.69. The fourth-order valence-corrected chi connectivity index (χ4v) is 2.83. The fraction of sp³-hybridized carbons (Fsp3) is 0.188. The number of ether oxygens (including phenoxy) is 2. The molecule has 0 aliphatic heterocycles. The molecule has 10 heteroatoms. The van der Waals surface area contributed by atoms with Gasteiger partial charge in [-0.2, -0.15) is 0 Å². The van der Waals surface area contributed by atoms with Gasteiger partial charge >= 0.3 is 5.97 Å². The van der Waals surface area contributed by atoms with Crippen LogP contribution < -0.4 is 9.46 Å². The first-order valence-electron chi connectivity index (χ1n) is 7.10. The first kappa shape index (κ1) is 19.7. The van der Waals surface area contributed by atoms with Crippen molar-refractivity contribution in [2.24, 2.45) is 0 Å². The Bertz CT molecular complexity index is 975. The zero-order valence-corrected chi connectivity index (χ0v) is 15.6. The second-order valence-corrected chi connectivity index (χ2v) is 7.32. The van der Waals surface area contributed by atoms with Crippen molar-refractivity contribution in [2.75, 3.05) is 20.5 Å². The predicted octanol–water partition coefficient (Wildman–Crippen LogP) is 1.89. The van der Waals surface area contributed by atoms with Gasteiger partial charge in [0.05, 0.1) is 25.5 Å². The highest BCUT2D eigenvalue weighted by Crippen LogP contribution is 2.32. The van der Waals surface area contributed by atoms with E-state index < -0.39 is 21.9 Å². The molecule has 0 spiro atoms. The molecule has 0 aliphatic rings. The summed E-state index contributed by atoms with van der Waals surface area (Å²) in [6.45, 7) is 0. The lowest BCUT2D eigenvalue weighted by molar-refractivity contribution is 0.0594. The van der Waals surface area contributed by atoms with E-state index in [1.165, 1.54) is 38.6 Å². The molecule has 0 radical (unpaired) electrons. The summed E-state index contributed by atoms with van der Waals surface area (Å²) in [5.74, 6) is -1.15. The summed E-state index contributed by atoms with van der Waals surface area (Å²) in [6, 6.07) is 5.88. The van der Waals surface area contributed by atoms with E-state index in [0.29, 0.717) is 16.9 Å². The number of carbonyl (C=O) groups is 2. The van der Waals surface area contributed by atoms with E-state index in [2.05, 4.69) is 9.72 Å². The maximum atomic E-state index is 12.0. The Morgan fingerprint density at radius 2 is 1.88 bits per heavy atom. The number of esters is 1. The van der Waals surface area contributed by atoms with Crippen LogP contribution in [-0.2, 0) is 14.8 Å². The molecule has 1 heterocycles. The Labute approximate surface area is 155 Å². The normalized spacial score (nSPS) is 10.9. The molecule has 1 amide bonds. The molecular formula is C16H15ClN2O6S. The van der Waals surface area contributed by atoms with Crippen molar-refractivity contribution in [1.82, 2.24) is 9.71 Å². The molecule has 0 bridgehead atoms. The Balaban J connectivity index is 2.43. The number of hydrogen-bond donors (Lipinski definition) is 1. The number of aromatic nitrogens is 1. The van der Waals surface area contributed by atoms with Gasteiger partial charge in [-0.3, -0.25) is 4.79 Å². The number of rotatable bonds is 5. The Morgan fingerprint density at radius 3 is 2.42 bits per heavy atom. The van der Waals surface area contributed by atoms with Crippen molar-refractivity contribution in [2.45, 2.75) is 0 Å². The second-order valence-electron chi connectivity index (χ2n) is 5.16. The number of sulfonamides is 1. The van der Waals surface area contributed by atoms with E-state index in [1.807, 2.05) is 4.72 Å². The molecule has 8 nitrogen and oxygen atoms in total. The number of nitrogens with zero attached hydrogens (tertiary/aromatic N) is 1. The number of carbonyl (C=O) groups excluding carboxylic acids is 2. The van der Waals surface area contributed by atoms with Crippen LogP contribution >= 0.6 is 11.6 Å². The molecule has 0 saturated heterocycles. The van der Waals surface area contributed by atoms with Gasteiger partial charge in [-0.05, 0) is 24.3 Å². The van der Waals surface area contributed by atoms with Gasteiger partial charge in [0.25, 0.3) is 5.91 Å². The van der Waals surface area contributed by atoms with Crippen LogP contribution in [0.4, 0.5) is 0 Å². The molecular weight excluding hydrogens is 384 g/mol. The number of methoxy groups -OCH3 is 2. The van der Waals surface area contributed by atoms with Gasteiger partial charge in [-0.1, -0.05) is 11.6 Å². The van der Waals surface area contributed by atoms with Crippen molar-refractivity contribution in [1.29, 1.82) is 0 Å². The lowest BCUT2D eigenvalue weighted by Gasteiger charge is -2.12. The van der Waals surface area contributed by atoms with Crippen molar-refractivity contribution in [3.8, 4) is 16.9 Å². The predicted molar refractivity (Wildman–Crippen MR) is 94.9 cm³/mol. The molecule has 2 rings (SSSR count). The van der Waals surface area contributed by atoms with E-state index in [0.717, 1.165) is 6.26 Å². The van der Waals surface area contributed by atoms with Gasteiger partial charge in [0.1, 0.15) is 5.75 Å². The zero-order chi connectivity index (χ0) is 19.5. The Morgan fingerprint density at radius 1 is 1.19 bits per heavy atom. The third-order valence-corrected chi connectivity index (χ3v) is 4.12. The minimum absolute atomic E-state index is 0.0268. The lowest BCUT2D eigenvalue weighted by atomic mass is 10.0. The quantitative estimate of drug-likeness (QED) is 0.765. The summed E-state index contributed by atoms with van der Waals surface area (Å²) in [6.07, 6.45) is 2.29. The van der Waals surface area contributed by atoms with Gasteiger partial charge < -0.3 is 9.47 Å². The van der Waals surface area contributed by atoms with Gasteiger partial charge in [0.2, 0.25) is 10.0 Å². The average Bonchev–Trinajstić information content (AvgIpc) is 2.58. The summed E-state index contributed by atoms with van der Waals surface area (Å²) in [5, 5.41) is 0.0929. The lowest BCUT2D eigenvalue weighted by Crippen LogP contribution is -2.29. The van der Waals surface area contributed by atoms with Crippen LogP contribution in [0.25, 0.3) is 11.1 Å². The van der Waals surface area contributed by atoms with Gasteiger partial charge in [0.15, 0.2) is 5.69 Å². The summed E-state index contributed by atoms with van der Waals surface area (Å²) in [5.41, 5.74) is 1.16. The summed E-state index contributed by atoms with van der Waals surface area (Å²) < 4.78 is 34.1. The van der Waals surface area contributed by atoms with Crippen molar-refractivity contribution in [3.63, 3.8) is 0 Å². The Kier molecular flexibility index (Phi) is 5.83. The van der Waals surface area contributed by atoms with E-state index in [1.54, 1.807) is 6.07 Å². The molecule has 1 aromatic heterocycles. The maximum Gasteiger partial charge on any atom is 0.358 e. The monoisotopic (exact) mass is 398 g/mol. The molecule has 0 atom stereocenters. The number of pyridine rings is 1. The van der Waals surface area contributed by atoms with Crippen LogP contribution in [0.5, 0.6) is 5.75 Å². The molecule has 0 aliphatic carbocycles. The molecule has 2 aromatic rings. The molecule has 26 heavy (non-hydrogen) atoms. The van der Waals surface area contributed by atoms with Crippen LogP contribution in [0.3, 0.4) is 0 Å². The van der Waals surface area contributed by atoms with Crippen LogP contribution in [0.15, 0.2) is 30.5 Å². The highest BCUT2D eigenvalue weighted by Gasteiger charge is 2.17. The molecule has 138 valence electrons. The van der Waals surface area contributed by atoms with E-state index in [4.69, 9.17) is 16.3 Å². The van der Waals surface area contributed by atoms with Crippen molar-refractivity contribution >= 4 is 33.5 Å². The van der Waals surface area contributed by atoms with Gasteiger partial charge in [0, 0.05) is 22.9 Å². The molecule has 0 saturated carbocycles. The largest absolute Gasteiger partial charge is 0.496 e. The molecule has 1 N–H and O–H groups in total. The average molecular weight is 399 g/mol. The van der Waals surface area contributed by atoms with Crippen molar-refractivity contribution < 1.29 is 27.5 Å². The highest BCUT2D eigenvalue weighted by molar-refractivity contribution is 7.89. The second kappa shape index (κ2) is 7.71. The molecule has 1 aromatic carbocycles. The minimum Gasteiger partial charge on any atom is -0.496 e. The van der Waals surface area contributed by atoms with E-state index in [9.17, 15) is 18.0 Å².